The standard InChI is InChI=1S/C11H10FIN4O/c1-18-10-5-9(16-11(14)17-10)15-8-3-2-6(12)4-7(8)13/h2-5H,1H3,(H3,14,15,16,17). The molecule has 1 heterocycles. The summed E-state index contributed by atoms with van der Waals surface area (Å²) in [5.74, 6) is 0.671. The van der Waals surface area contributed by atoms with E-state index < -0.39 is 0 Å². The van der Waals surface area contributed by atoms with Gasteiger partial charge in [0.2, 0.25) is 11.8 Å². The Morgan fingerprint density at radius 1 is 1.33 bits per heavy atom. The Kier molecular flexibility index (Phi) is 3.80. The molecule has 0 unspecified atom stereocenters. The Bertz CT molecular complexity index is 579. The van der Waals surface area contributed by atoms with E-state index >= 15 is 0 Å². The summed E-state index contributed by atoms with van der Waals surface area (Å²) >= 11 is 2.03. The molecule has 1 aromatic heterocycles. The summed E-state index contributed by atoms with van der Waals surface area (Å²) in [4.78, 5) is 7.89. The second-order valence-corrected chi connectivity index (χ2v) is 4.57. The van der Waals surface area contributed by atoms with Gasteiger partial charge in [0.1, 0.15) is 11.6 Å². The zero-order chi connectivity index (χ0) is 13.1. The Balaban J connectivity index is 2.30. The van der Waals surface area contributed by atoms with Crippen LogP contribution in [0.3, 0.4) is 0 Å². The number of halogens is 2. The number of nitrogens with two attached hydrogens (primary N) is 1. The number of nitrogen functional groups attached to an aromatic ring is 1. The van der Waals surface area contributed by atoms with E-state index in [-0.39, 0.29) is 11.8 Å². The molecule has 0 fully saturated rings. The first-order chi connectivity index (χ1) is 8.58. The van der Waals surface area contributed by atoms with Gasteiger partial charge < -0.3 is 15.8 Å². The Labute approximate surface area is 117 Å². The lowest BCUT2D eigenvalue weighted by atomic mass is 10.3. The molecule has 5 nitrogen and oxygen atoms in total. The quantitative estimate of drug-likeness (QED) is 0.824. The molecule has 18 heavy (non-hydrogen) atoms. The van der Waals surface area contributed by atoms with Gasteiger partial charge in [0, 0.05) is 9.64 Å². The number of hydrogen-bond acceptors (Lipinski definition) is 5. The van der Waals surface area contributed by atoms with Crippen LogP contribution in [0, 0.1) is 9.39 Å². The van der Waals surface area contributed by atoms with Crippen LogP contribution in [0.5, 0.6) is 5.88 Å². The largest absolute Gasteiger partial charge is 0.481 e. The average Bonchev–Trinajstić information content (AvgIpc) is 2.32. The van der Waals surface area contributed by atoms with Gasteiger partial charge in [-0.3, -0.25) is 0 Å². The van der Waals surface area contributed by atoms with Crippen LogP contribution in [0.15, 0.2) is 24.3 Å². The van der Waals surface area contributed by atoms with Crippen molar-refractivity contribution in [1.29, 1.82) is 0 Å². The molecule has 0 atom stereocenters. The molecule has 0 aliphatic rings. The predicted octanol–water partition coefficient (Wildman–Crippen LogP) is 2.55. The number of rotatable bonds is 3. The van der Waals surface area contributed by atoms with E-state index in [1.807, 2.05) is 22.6 Å². The van der Waals surface area contributed by atoms with Gasteiger partial charge >= 0.3 is 0 Å². The molecular weight excluding hydrogens is 350 g/mol. The highest BCUT2D eigenvalue weighted by Crippen LogP contribution is 2.24. The van der Waals surface area contributed by atoms with Crippen molar-refractivity contribution >= 4 is 40.0 Å². The summed E-state index contributed by atoms with van der Waals surface area (Å²) in [6, 6.07) is 6.02. The van der Waals surface area contributed by atoms with E-state index in [9.17, 15) is 4.39 Å². The maximum atomic E-state index is 13.0. The molecular formula is C11H10FIN4O. The molecule has 0 radical (unpaired) electrons. The second-order valence-electron chi connectivity index (χ2n) is 3.40. The van der Waals surface area contributed by atoms with Crippen molar-refractivity contribution in [2.75, 3.05) is 18.2 Å². The second kappa shape index (κ2) is 5.34. The highest BCUT2D eigenvalue weighted by molar-refractivity contribution is 14.1. The number of aromatic nitrogens is 2. The first-order valence-corrected chi connectivity index (χ1v) is 6.07. The first-order valence-electron chi connectivity index (χ1n) is 4.99. The zero-order valence-corrected chi connectivity index (χ0v) is 11.6. The van der Waals surface area contributed by atoms with Crippen LogP contribution in [-0.2, 0) is 0 Å². The topological polar surface area (TPSA) is 73.1 Å². The smallest absolute Gasteiger partial charge is 0.225 e. The average molecular weight is 360 g/mol. The van der Waals surface area contributed by atoms with Gasteiger partial charge in [0.05, 0.1) is 12.8 Å². The summed E-state index contributed by atoms with van der Waals surface area (Å²) in [6.45, 7) is 0. The highest BCUT2D eigenvalue weighted by Gasteiger charge is 2.06. The number of hydrogen-bond donors (Lipinski definition) is 2. The van der Waals surface area contributed by atoms with Crippen LogP contribution >= 0.6 is 22.6 Å². The Morgan fingerprint density at radius 3 is 2.78 bits per heavy atom. The maximum Gasteiger partial charge on any atom is 0.225 e. The molecule has 0 saturated carbocycles. The lowest BCUT2D eigenvalue weighted by Crippen LogP contribution is -2.02. The minimum absolute atomic E-state index is 0.106. The first kappa shape index (κ1) is 12.8. The summed E-state index contributed by atoms with van der Waals surface area (Å²) in [7, 11) is 1.49. The number of benzene rings is 1. The third-order valence-electron chi connectivity index (χ3n) is 2.12. The summed E-state index contributed by atoms with van der Waals surface area (Å²) in [5, 5.41) is 3.03. The van der Waals surface area contributed by atoms with Crippen LogP contribution in [-0.4, -0.2) is 17.1 Å². The van der Waals surface area contributed by atoms with Crippen LogP contribution in [0.2, 0.25) is 0 Å². The van der Waals surface area contributed by atoms with Crippen molar-refractivity contribution in [2.24, 2.45) is 0 Å². The fourth-order valence-corrected chi connectivity index (χ4v) is 1.95. The normalized spacial score (nSPS) is 10.2. The van der Waals surface area contributed by atoms with Gasteiger partial charge in [0.15, 0.2) is 0 Å². The van der Waals surface area contributed by atoms with Crippen molar-refractivity contribution < 1.29 is 9.13 Å². The maximum absolute atomic E-state index is 13.0. The third-order valence-corrected chi connectivity index (χ3v) is 3.02. The van der Waals surface area contributed by atoms with E-state index in [1.165, 1.54) is 19.2 Å². The van der Waals surface area contributed by atoms with E-state index in [2.05, 4.69) is 15.3 Å². The third kappa shape index (κ3) is 2.97. The van der Waals surface area contributed by atoms with Crippen LogP contribution in [0.4, 0.5) is 21.8 Å². The zero-order valence-electron chi connectivity index (χ0n) is 9.45. The summed E-state index contributed by atoms with van der Waals surface area (Å²) < 4.78 is 18.7. The van der Waals surface area contributed by atoms with Gasteiger partial charge in [-0.05, 0) is 40.8 Å². The van der Waals surface area contributed by atoms with Crippen molar-refractivity contribution in [3.05, 3.63) is 33.7 Å². The predicted molar refractivity (Wildman–Crippen MR) is 75.4 cm³/mol. The van der Waals surface area contributed by atoms with Crippen molar-refractivity contribution in [3.63, 3.8) is 0 Å². The van der Waals surface area contributed by atoms with Crippen LogP contribution in [0.25, 0.3) is 0 Å². The number of anilines is 3. The SMILES string of the molecule is COc1cc(Nc2ccc(F)cc2I)nc(N)n1. The monoisotopic (exact) mass is 360 g/mol. The Morgan fingerprint density at radius 2 is 2.11 bits per heavy atom. The minimum Gasteiger partial charge on any atom is -0.481 e. The summed E-state index contributed by atoms with van der Waals surface area (Å²) in [6.07, 6.45) is 0. The van der Waals surface area contributed by atoms with E-state index in [1.54, 1.807) is 12.1 Å². The molecule has 0 spiro atoms. The van der Waals surface area contributed by atoms with E-state index in [0.717, 1.165) is 9.26 Å². The van der Waals surface area contributed by atoms with Gasteiger partial charge in [-0.2, -0.15) is 9.97 Å². The van der Waals surface area contributed by atoms with Gasteiger partial charge in [-0.25, -0.2) is 4.39 Å². The molecule has 7 heteroatoms. The molecule has 0 aliphatic carbocycles. The molecule has 0 amide bonds. The fraction of sp³-hybridized carbons (Fsp3) is 0.0909. The highest BCUT2D eigenvalue weighted by atomic mass is 127. The molecule has 0 aliphatic heterocycles. The molecule has 2 rings (SSSR count). The molecule has 94 valence electrons. The number of ether oxygens (including phenoxy) is 1. The van der Waals surface area contributed by atoms with Crippen LogP contribution < -0.4 is 15.8 Å². The van der Waals surface area contributed by atoms with Crippen LogP contribution in [0.1, 0.15) is 0 Å². The van der Waals surface area contributed by atoms with E-state index in [0.29, 0.717) is 11.7 Å². The Hall–Kier alpha value is -1.64. The molecule has 0 saturated heterocycles. The molecule has 1 aromatic carbocycles. The lowest BCUT2D eigenvalue weighted by Gasteiger charge is -2.09. The number of nitrogens with zero attached hydrogens (tertiary/aromatic N) is 2. The van der Waals surface area contributed by atoms with E-state index in [4.69, 9.17) is 10.5 Å². The summed E-state index contributed by atoms with van der Waals surface area (Å²) in [5.41, 5.74) is 6.28. The minimum atomic E-state index is -0.287. The van der Waals surface area contributed by atoms with Crippen molar-refractivity contribution in [3.8, 4) is 5.88 Å². The molecule has 3 N–H and O–H groups in total. The number of methoxy groups -OCH3 is 1. The number of nitrogens with one attached hydrogen (secondary N) is 1. The fourth-order valence-electron chi connectivity index (χ4n) is 1.34. The molecule has 2 aromatic rings. The van der Waals surface area contributed by atoms with Gasteiger partial charge in [-0.1, -0.05) is 0 Å². The molecule has 0 bridgehead atoms. The van der Waals surface area contributed by atoms with Gasteiger partial charge in [0.25, 0.3) is 0 Å². The lowest BCUT2D eigenvalue weighted by molar-refractivity contribution is 0.398. The van der Waals surface area contributed by atoms with Crippen molar-refractivity contribution in [2.45, 2.75) is 0 Å². The van der Waals surface area contributed by atoms with Gasteiger partial charge in [-0.15, -0.1) is 0 Å². The van der Waals surface area contributed by atoms with Crippen molar-refractivity contribution in [1.82, 2.24) is 9.97 Å².